The van der Waals surface area contributed by atoms with E-state index >= 15 is 0 Å². The highest BCUT2D eigenvalue weighted by molar-refractivity contribution is 5.79. The molecule has 2 nitrogen and oxygen atoms in total. The molecule has 0 fully saturated rings. The standard InChI is InChI=1S/C10H7F3O2/c1-2-15-9-5-8(10(11,12)13)4-3-7(9)6-14/h2-6H,1H2. The van der Waals surface area contributed by atoms with Gasteiger partial charge in [-0.1, -0.05) is 6.58 Å². The molecule has 0 heterocycles. The van der Waals surface area contributed by atoms with Crippen molar-refractivity contribution in [2.45, 2.75) is 6.18 Å². The summed E-state index contributed by atoms with van der Waals surface area (Å²) >= 11 is 0. The minimum absolute atomic E-state index is 0.0444. The predicted octanol–water partition coefficient (Wildman–Crippen LogP) is 3.04. The fourth-order valence-electron chi connectivity index (χ4n) is 1.000. The Hall–Kier alpha value is -1.78. The van der Waals surface area contributed by atoms with Gasteiger partial charge in [-0.15, -0.1) is 0 Å². The Kier molecular flexibility index (Phi) is 3.14. The Labute approximate surface area is 84.0 Å². The fourth-order valence-corrected chi connectivity index (χ4v) is 1.000. The summed E-state index contributed by atoms with van der Waals surface area (Å²) in [6.45, 7) is 3.20. The quantitative estimate of drug-likeness (QED) is 0.573. The first kappa shape index (κ1) is 11.3. The largest absolute Gasteiger partial charge is 0.465 e. The molecule has 5 heteroatoms. The number of benzene rings is 1. The van der Waals surface area contributed by atoms with Crippen molar-refractivity contribution < 1.29 is 22.7 Å². The van der Waals surface area contributed by atoms with Gasteiger partial charge in [0.05, 0.1) is 17.4 Å². The monoisotopic (exact) mass is 216 g/mol. The molecule has 15 heavy (non-hydrogen) atoms. The van der Waals surface area contributed by atoms with E-state index in [2.05, 4.69) is 6.58 Å². The van der Waals surface area contributed by atoms with Crippen LogP contribution in [0.25, 0.3) is 0 Å². The molecule has 0 aromatic heterocycles. The van der Waals surface area contributed by atoms with E-state index in [9.17, 15) is 18.0 Å². The van der Waals surface area contributed by atoms with Gasteiger partial charge in [0.2, 0.25) is 0 Å². The lowest BCUT2D eigenvalue weighted by molar-refractivity contribution is -0.137. The Bertz CT molecular complexity index is 383. The summed E-state index contributed by atoms with van der Waals surface area (Å²) in [5, 5.41) is 0. The highest BCUT2D eigenvalue weighted by atomic mass is 19.4. The van der Waals surface area contributed by atoms with E-state index in [1.54, 1.807) is 0 Å². The van der Waals surface area contributed by atoms with E-state index in [-0.39, 0.29) is 11.3 Å². The maximum atomic E-state index is 12.3. The van der Waals surface area contributed by atoms with E-state index in [4.69, 9.17) is 4.74 Å². The molecule has 1 rings (SSSR count). The maximum absolute atomic E-state index is 12.3. The van der Waals surface area contributed by atoms with Crippen molar-refractivity contribution in [3.63, 3.8) is 0 Å². The third-order valence-corrected chi connectivity index (χ3v) is 1.68. The van der Waals surface area contributed by atoms with Crippen LogP contribution in [0.4, 0.5) is 13.2 Å². The van der Waals surface area contributed by atoms with Crippen LogP contribution in [0.2, 0.25) is 0 Å². The molecule has 0 N–H and O–H groups in total. The zero-order chi connectivity index (χ0) is 11.5. The van der Waals surface area contributed by atoms with Gasteiger partial charge in [-0.2, -0.15) is 13.2 Å². The normalized spacial score (nSPS) is 10.9. The second kappa shape index (κ2) is 4.16. The molecule has 0 aliphatic carbocycles. The minimum atomic E-state index is -4.46. The summed E-state index contributed by atoms with van der Waals surface area (Å²) in [4.78, 5) is 10.5. The van der Waals surface area contributed by atoms with E-state index < -0.39 is 11.7 Å². The number of aldehydes is 1. The molecule has 0 bridgehead atoms. The van der Waals surface area contributed by atoms with E-state index in [0.29, 0.717) is 6.29 Å². The van der Waals surface area contributed by atoms with Crippen molar-refractivity contribution in [1.82, 2.24) is 0 Å². The fraction of sp³-hybridized carbons (Fsp3) is 0.100. The second-order valence-electron chi connectivity index (χ2n) is 2.65. The summed E-state index contributed by atoms with van der Waals surface area (Å²) < 4.78 is 41.5. The molecule has 0 saturated heterocycles. The van der Waals surface area contributed by atoms with E-state index in [0.717, 1.165) is 24.5 Å². The first-order chi connectivity index (χ1) is 6.99. The van der Waals surface area contributed by atoms with Gasteiger partial charge in [0.15, 0.2) is 6.29 Å². The summed E-state index contributed by atoms with van der Waals surface area (Å²) in [6.07, 6.45) is -3.08. The minimum Gasteiger partial charge on any atom is -0.465 e. The van der Waals surface area contributed by atoms with Crippen LogP contribution in [0, 0.1) is 0 Å². The van der Waals surface area contributed by atoms with Crippen molar-refractivity contribution in [1.29, 1.82) is 0 Å². The lowest BCUT2D eigenvalue weighted by Crippen LogP contribution is -2.05. The first-order valence-electron chi connectivity index (χ1n) is 3.93. The first-order valence-corrected chi connectivity index (χ1v) is 3.93. The number of rotatable bonds is 3. The van der Waals surface area contributed by atoms with Crippen LogP contribution >= 0.6 is 0 Å². The average molecular weight is 216 g/mol. The molecular weight excluding hydrogens is 209 g/mol. The van der Waals surface area contributed by atoms with Crippen LogP contribution in [0.5, 0.6) is 5.75 Å². The van der Waals surface area contributed by atoms with Gasteiger partial charge in [0.25, 0.3) is 0 Å². The lowest BCUT2D eigenvalue weighted by atomic mass is 10.1. The predicted molar refractivity (Wildman–Crippen MR) is 47.7 cm³/mol. The number of hydrogen-bond acceptors (Lipinski definition) is 2. The van der Waals surface area contributed by atoms with Crippen molar-refractivity contribution in [2.75, 3.05) is 0 Å². The summed E-state index contributed by atoms with van der Waals surface area (Å²) in [5.74, 6) is -0.158. The van der Waals surface area contributed by atoms with Gasteiger partial charge >= 0.3 is 6.18 Å². The summed E-state index contributed by atoms with van der Waals surface area (Å²) in [7, 11) is 0. The molecule has 0 radical (unpaired) electrons. The third-order valence-electron chi connectivity index (χ3n) is 1.68. The molecule has 0 saturated carbocycles. The van der Waals surface area contributed by atoms with Crippen LogP contribution in [-0.2, 0) is 6.18 Å². The second-order valence-corrected chi connectivity index (χ2v) is 2.65. The molecule has 0 aliphatic heterocycles. The molecule has 0 atom stereocenters. The highest BCUT2D eigenvalue weighted by Gasteiger charge is 2.31. The van der Waals surface area contributed by atoms with Crippen molar-refractivity contribution in [3.05, 3.63) is 42.2 Å². The summed E-state index contributed by atoms with van der Waals surface area (Å²) in [6, 6.07) is 2.62. The van der Waals surface area contributed by atoms with Crippen molar-refractivity contribution in [3.8, 4) is 5.75 Å². The molecule has 1 aromatic rings. The smallest absolute Gasteiger partial charge is 0.416 e. The molecule has 0 aliphatic rings. The van der Waals surface area contributed by atoms with Gasteiger partial charge in [-0.3, -0.25) is 4.79 Å². The number of carbonyl (C=O) groups is 1. The Morgan fingerprint density at radius 2 is 2.00 bits per heavy atom. The lowest BCUT2D eigenvalue weighted by Gasteiger charge is -2.09. The van der Waals surface area contributed by atoms with Crippen LogP contribution < -0.4 is 4.74 Å². The topological polar surface area (TPSA) is 26.3 Å². The Morgan fingerprint density at radius 1 is 1.33 bits per heavy atom. The van der Waals surface area contributed by atoms with Crippen LogP contribution in [0.1, 0.15) is 15.9 Å². The third kappa shape index (κ3) is 2.59. The summed E-state index contributed by atoms with van der Waals surface area (Å²) in [5.41, 5.74) is -0.826. The van der Waals surface area contributed by atoms with Gasteiger partial charge < -0.3 is 4.74 Å². The number of alkyl halides is 3. The molecule has 0 spiro atoms. The molecule has 1 aromatic carbocycles. The zero-order valence-corrected chi connectivity index (χ0v) is 7.54. The molecule has 0 unspecified atom stereocenters. The van der Waals surface area contributed by atoms with Gasteiger partial charge in [-0.25, -0.2) is 0 Å². The number of hydrogen-bond donors (Lipinski definition) is 0. The van der Waals surface area contributed by atoms with Crippen LogP contribution in [-0.4, -0.2) is 6.29 Å². The molecule has 0 amide bonds. The number of carbonyl (C=O) groups excluding carboxylic acids is 1. The van der Waals surface area contributed by atoms with Crippen LogP contribution in [0.15, 0.2) is 31.0 Å². The zero-order valence-electron chi connectivity index (χ0n) is 7.54. The number of ether oxygens (including phenoxy) is 1. The van der Waals surface area contributed by atoms with E-state index in [1.807, 2.05) is 0 Å². The number of halogens is 3. The Morgan fingerprint density at radius 3 is 2.47 bits per heavy atom. The molecule has 80 valence electrons. The maximum Gasteiger partial charge on any atom is 0.416 e. The van der Waals surface area contributed by atoms with Gasteiger partial charge in [-0.05, 0) is 18.2 Å². The van der Waals surface area contributed by atoms with E-state index in [1.165, 1.54) is 0 Å². The SMILES string of the molecule is C=COc1cc(C(F)(F)F)ccc1C=O. The average Bonchev–Trinajstić information content (AvgIpc) is 2.17. The Balaban J connectivity index is 3.21. The highest BCUT2D eigenvalue weighted by Crippen LogP contribution is 2.32. The van der Waals surface area contributed by atoms with Gasteiger partial charge in [0, 0.05) is 0 Å². The molecular formula is C10H7F3O2. The van der Waals surface area contributed by atoms with Crippen molar-refractivity contribution >= 4 is 6.29 Å². The van der Waals surface area contributed by atoms with Crippen LogP contribution in [0.3, 0.4) is 0 Å². The van der Waals surface area contributed by atoms with Gasteiger partial charge in [0.1, 0.15) is 5.75 Å². The van der Waals surface area contributed by atoms with Crippen molar-refractivity contribution in [2.24, 2.45) is 0 Å².